The van der Waals surface area contributed by atoms with Crippen molar-refractivity contribution in [2.24, 2.45) is 0 Å². The first-order chi connectivity index (χ1) is 12.8. The van der Waals surface area contributed by atoms with E-state index in [9.17, 15) is 34.7 Å². The predicted molar refractivity (Wildman–Crippen MR) is 95.6 cm³/mol. The van der Waals surface area contributed by atoms with Crippen LogP contribution < -0.4 is 10.1 Å². The van der Waals surface area contributed by atoms with Crippen LogP contribution in [0, 0.1) is 10.1 Å². The van der Waals surface area contributed by atoms with Crippen LogP contribution in [0.25, 0.3) is 0 Å². The maximum absolute atomic E-state index is 11.8. The number of nitrogens with one attached hydrogen (secondary N) is 1. The summed E-state index contributed by atoms with van der Waals surface area (Å²) in [6, 6.07) is 1.87. The molecular formula is C16H19ClN2O9. The molecule has 1 rings (SSSR count). The minimum absolute atomic E-state index is 0.229. The van der Waals surface area contributed by atoms with Crippen molar-refractivity contribution in [3.05, 3.63) is 33.3 Å². The molecule has 0 saturated carbocycles. The van der Waals surface area contributed by atoms with Crippen molar-refractivity contribution >= 4 is 35.3 Å². The van der Waals surface area contributed by atoms with E-state index in [2.05, 4.69) is 0 Å². The maximum atomic E-state index is 11.8. The predicted octanol–water partition coefficient (Wildman–Crippen LogP) is 2.45. The Kier molecular flexibility index (Phi) is 7.56. The second kappa shape index (κ2) is 9.22. The van der Waals surface area contributed by atoms with Gasteiger partial charge in [0.15, 0.2) is 6.10 Å². The molecule has 0 heterocycles. The number of para-hydroxylation sites is 1. The zero-order valence-electron chi connectivity index (χ0n) is 15.2. The lowest BCUT2D eigenvalue weighted by Gasteiger charge is -2.23. The number of ether oxygens (including phenoxy) is 2. The number of nitrogens with zero attached hydrogens (tertiary/aromatic N) is 1. The minimum Gasteiger partial charge on any atom is -0.480 e. The van der Waals surface area contributed by atoms with Gasteiger partial charge in [-0.25, -0.2) is 14.4 Å². The van der Waals surface area contributed by atoms with Gasteiger partial charge in [-0.1, -0.05) is 17.7 Å². The maximum Gasteiger partial charge on any atom is 0.408 e. The number of nitro groups is 1. The first kappa shape index (κ1) is 23.0. The van der Waals surface area contributed by atoms with Crippen LogP contribution in [0.1, 0.15) is 27.2 Å². The van der Waals surface area contributed by atoms with E-state index in [4.69, 9.17) is 21.1 Å². The third kappa shape index (κ3) is 6.91. The van der Waals surface area contributed by atoms with Crippen LogP contribution in [0.4, 0.5) is 10.5 Å². The summed E-state index contributed by atoms with van der Waals surface area (Å²) >= 11 is 5.85. The van der Waals surface area contributed by atoms with Crippen LogP contribution in [0.2, 0.25) is 5.02 Å². The molecule has 12 heteroatoms. The van der Waals surface area contributed by atoms with E-state index in [-0.39, 0.29) is 5.02 Å². The van der Waals surface area contributed by atoms with Crippen molar-refractivity contribution in [2.75, 3.05) is 0 Å². The number of benzene rings is 1. The Labute approximate surface area is 164 Å². The first-order valence-electron chi connectivity index (χ1n) is 7.86. The molecule has 1 amide bonds. The molecule has 11 nitrogen and oxygen atoms in total. The fourth-order valence-corrected chi connectivity index (χ4v) is 2.20. The van der Waals surface area contributed by atoms with E-state index in [1.54, 1.807) is 20.8 Å². The van der Waals surface area contributed by atoms with Gasteiger partial charge in [0.2, 0.25) is 5.75 Å². The van der Waals surface area contributed by atoms with Crippen molar-refractivity contribution in [3.63, 3.8) is 0 Å². The molecule has 0 aliphatic carbocycles. The summed E-state index contributed by atoms with van der Waals surface area (Å²) < 4.78 is 10.1. The smallest absolute Gasteiger partial charge is 0.408 e. The standard InChI is InChI=1S/C16H19ClN2O9/c1-16(2,3)28-15(24)18-9(13(20)21)7-11(14(22)23)27-12-8(17)5-4-6-10(12)19(25)26/h4-6,9,11H,7H2,1-3H3,(H,18,24)(H,20,21)(H,22,23)/t9-,11-/m0/s1. The van der Waals surface area contributed by atoms with Crippen LogP contribution in [-0.2, 0) is 14.3 Å². The molecule has 154 valence electrons. The van der Waals surface area contributed by atoms with Crippen molar-refractivity contribution < 1.29 is 39.0 Å². The summed E-state index contributed by atoms with van der Waals surface area (Å²) in [6.45, 7) is 4.67. The van der Waals surface area contributed by atoms with Gasteiger partial charge in [-0.05, 0) is 26.8 Å². The summed E-state index contributed by atoms with van der Waals surface area (Å²) in [7, 11) is 0. The lowest BCUT2D eigenvalue weighted by molar-refractivity contribution is -0.386. The van der Waals surface area contributed by atoms with Crippen LogP contribution in [0.3, 0.4) is 0 Å². The molecule has 0 aliphatic heterocycles. The van der Waals surface area contributed by atoms with Crippen LogP contribution in [0.15, 0.2) is 18.2 Å². The number of alkyl carbamates (subject to hydrolysis) is 1. The molecule has 0 unspecified atom stereocenters. The molecule has 0 radical (unpaired) electrons. The van der Waals surface area contributed by atoms with Crippen molar-refractivity contribution in [2.45, 2.75) is 44.9 Å². The third-order valence-corrected chi connectivity index (χ3v) is 3.41. The van der Waals surface area contributed by atoms with Gasteiger partial charge >= 0.3 is 23.7 Å². The Morgan fingerprint density at radius 3 is 2.32 bits per heavy atom. The zero-order chi connectivity index (χ0) is 21.6. The fraction of sp³-hybridized carbons (Fsp3) is 0.438. The molecule has 1 aromatic carbocycles. The molecule has 0 bridgehead atoms. The normalized spacial score (nSPS) is 13.1. The minimum atomic E-state index is -1.85. The largest absolute Gasteiger partial charge is 0.480 e. The highest BCUT2D eigenvalue weighted by atomic mass is 35.5. The van der Waals surface area contributed by atoms with Gasteiger partial charge < -0.3 is 25.0 Å². The summed E-state index contributed by atoms with van der Waals surface area (Å²) in [5.41, 5.74) is -1.50. The highest BCUT2D eigenvalue weighted by Gasteiger charge is 2.33. The van der Waals surface area contributed by atoms with Crippen molar-refractivity contribution in [3.8, 4) is 5.75 Å². The van der Waals surface area contributed by atoms with E-state index in [1.807, 2.05) is 5.32 Å². The molecule has 28 heavy (non-hydrogen) atoms. The number of carbonyl (C=O) groups excluding carboxylic acids is 1. The number of hydrogen-bond donors (Lipinski definition) is 3. The van der Waals surface area contributed by atoms with Gasteiger partial charge in [0.1, 0.15) is 11.6 Å². The SMILES string of the molecule is CC(C)(C)OC(=O)N[C@@H](C[C@H](Oc1c(Cl)cccc1[N+](=O)[O-])C(=O)O)C(=O)O. The quantitative estimate of drug-likeness (QED) is 0.424. The number of carboxylic acids is 2. The summed E-state index contributed by atoms with van der Waals surface area (Å²) in [5.74, 6) is -3.68. The molecule has 0 aromatic heterocycles. The lowest BCUT2D eigenvalue weighted by Crippen LogP contribution is -2.47. The van der Waals surface area contributed by atoms with Crippen LogP contribution in [0.5, 0.6) is 5.75 Å². The average Bonchev–Trinajstić information content (AvgIpc) is 2.52. The number of nitro benzene ring substituents is 1. The molecule has 2 atom stereocenters. The Bertz CT molecular complexity index is 776. The third-order valence-electron chi connectivity index (χ3n) is 3.12. The molecule has 0 fully saturated rings. The van der Waals surface area contributed by atoms with E-state index >= 15 is 0 Å². The Hall–Kier alpha value is -3.08. The number of rotatable bonds is 8. The van der Waals surface area contributed by atoms with Gasteiger partial charge in [-0.15, -0.1) is 0 Å². The first-order valence-corrected chi connectivity index (χ1v) is 8.24. The monoisotopic (exact) mass is 418 g/mol. The number of hydrogen-bond acceptors (Lipinski definition) is 7. The van der Waals surface area contributed by atoms with E-state index < -0.39 is 58.6 Å². The van der Waals surface area contributed by atoms with Crippen LogP contribution in [-0.4, -0.2) is 50.9 Å². The topological polar surface area (TPSA) is 165 Å². The summed E-state index contributed by atoms with van der Waals surface area (Å²) in [6.07, 6.45) is -3.67. The van der Waals surface area contributed by atoms with Crippen LogP contribution >= 0.6 is 11.6 Å². The van der Waals surface area contributed by atoms with Gasteiger partial charge in [0.25, 0.3) is 0 Å². The number of carbonyl (C=O) groups is 3. The Morgan fingerprint density at radius 1 is 1.25 bits per heavy atom. The summed E-state index contributed by atoms with van der Waals surface area (Å²) in [4.78, 5) is 44.9. The number of halogens is 1. The zero-order valence-corrected chi connectivity index (χ0v) is 15.9. The van der Waals surface area contributed by atoms with Gasteiger partial charge in [-0.2, -0.15) is 0 Å². The number of carboxylic acid groups (broad SMARTS) is 2. The summed E-state index contributed by atoms with van der Waals surface area (Å²) in [5, 5.41) is 31.5. The van der Waals surface area contributed by atoms with E-state index in [0.717, 1.165) is 6.07 Å². The lowest BCUT2D eigenvalue weighted by atomic mass is 10.1. The van der Waals surface area contributed by atoms with Crippen molar-refractivity contribution in [1.82, 2.24) is 5.32 Å². The second-order valence-corrected chi connectivity index (χ2v) is 6.97. The van der Waals surface area contributed by atoms with Gasteiger partial charge in [0, 0.05) is 12.5 Å². The molecule has 1 aromatic rings. The second-order valence-electron chi connectivity index (χ2n) is 6.56. The highest BCUT2D eigenvalue weighted by Crippen LogP contribution is 2.35. The van der Waals surface area contributed by atoms with E-state index in [1.165, 1.54) is 12.1 Å². The fourth-order valence-electron chi connectivity index (χ4n) is 1.98. The number of aliphatic carboxylic acids is 2. The van der Waals surface area contributed by atoms with Gasteiger partial charge in [0.05, 0.1) is 9.95 Å². The van der Waals surface area contributed by atoms with Crippen molar-refractivity contribution in [1.29, 1.82) is 0 Å². The highest BCUT2D eigenvalue weighted by molar-refractivity contribution is 6.32. The molecule has 3 N–H and O–H groups in total. The molecular weight excluding hydrogens is 400 g/mol. The molecule has 0 spiro atoms. The Morgan fingerprint density at radius 2 is 1.86 bits per heavy atom. The molecule has 0 saturated heterocycles. The molecule has 0 aliphatic rings. The van der Waals surface area contributed by atoms with Gasteiger partial charge in [-0.3, -0.25) is 10.1 Å². The Balaban J connectivity index is 3.05. The van der Waals surface area contributed by atoms with E-state index in [0.29, 0.717) is 0 Å². The number of amides is 1. The average molecular weight is 419 g/mol.